The lowest BCUT2D eigenvalue weighted by Crippen LogP contribution is -2.53. The first kappa shape index (κ1) is 21.0. The molecule has 0 bridgehead atoms. The van der Waals surface area contributed by atoms with E-state index in [-0.39, 0.29) is 0 Å². The van der Waals surface area contributed by atoms with Crippen LogP contribution >= 0.6 is 0 Å². The minimum absolute atomic E-state index is 0.366. The van der Waals surface area contributed by atoms with E-state index >= 15 is 0 Å². The van der Waals surface area contributed by atoms with E-state index in [1.54, 1.807) is 12.4 Å². The third-order valence-electron chi connectivity index (χ3n) is 5.25. The van der Waals surface area contributed by atoms with Gasteiger partial charge in [0.1, 0.15) is 0 Å². The Morgan fingerprint density at radius 3 is 2.38 bits per heavy atom. The second-order valence-corrected chi connectivity index (χ2v) is 7.52. The van der Waals surface area contributed by atoms with Crippen molar-refractivity contribution in [2.75, 3.05) is 58.3 Å². The first-order valence-corrected chi connectivity index (χ1v) is 10.4. The average Bonchev–Trinajstić information content (AvgIpc) is 2.77. The molecule has 0 saturated carbocycles. The summed E-state index contributed by atoms with van der Waals surface area (Å²) in [5, 5.41) is 3.47. The van der Waals surface area contributed by atoms with Crippen LogP contribution in [0.15, 0.2) is 53.8 Å². The Balaban J connectivity index is 1.61. The Morgan fingerprint density at radius 1 is 1.07 bits per heavy atom. The maximum absolute atomic E-state index is 4.99. The third-order valence-corrected chi connectivity index (χ3v) is 5.25. The monoisotopic (exact) mass is 395 g/mol. The normalized spacial score (nSPS) is 16.2. The summed E-state index contributed by atoms with van der Waals surface area (Å²) in [7, 11) is 4.27. The van der Waals surface area contributed by atoms with Crippen LogP contribution in [0.4, 0.5) is 5.95 Å². The molecular weight excluding hydrogens is 362 g/mol. The van der Waals surface area contributed by atoms with E-state index in [4.69, 9.17) is 4.99 Å². The molecule has 1 aliphatic rings. The maximum Gasteiger partial charge on any atom is 0.225 e. The zero-order valence-electron chi connectivity index (χ0n) is 17.8. The first-order valence-electron chi connectivity index (χ1n) is 10.4. The molecule has 0 spiro atoms. The second kappa shape index (κ2) is 10.8. The van der Waals surface area contributed by atoms with E-state index in [2.05, 4.69) is 81.3 Å². The lowest BCUT2D eigenvalue weighted by molar-refractivity contribution is 0.295. The van der Waals surface area contributed by atoms with E-state index in [1.807, 2.05) is 6.07 Å². The fraction of sp³-hybridized carbons (Fsp3) is 0.500. The third kappa shape index (κ3) is 6.15. The van der Waals surface area contributed by atoms with Gasteiger partial charge in [-0.2, -0.15) is 0 Å². The van der Waals surface area contributed by atoms with Gasteiger partial charge < -0.3 is 20.0 Å². The molecule has 156 valence electrons. The van der Waals surface area contributed by atoms with E-state index in [0.717, 1.165) is 57.6 Å². The van der Waals surface area contributed by atoms with Crippen LogP contribution in [0, 0.1) is 0 Å². The van der Waals surface area contributed by atoms with Gasteiger partial charge in [0.25, 0.3) is 0 Å². The summed E-state index contributed by atoms with van der Waals surface area (Å²) < 4.78 is 0. The number of nitrogens with one attached hydrogen (secondary N) is 1. The SMILES string of the molecule is CCNC(=NCC(Cc1ccccc1)N(C)C)N1CCN(c2ncccn2)CC1. The highest BCUT2D eigenvalue weighted by atomic mass is 15.4. The standard InChI is InChI=1S/C22H33N7/c1-4-23-21(26-18-20(27(2)3)17-19-9-6-5-7-10-19)28-13-15-29(16-14-28)22-24-11-8-12-25-22/h5-12,20H,4,13-18H2,1-3H3,(H,23,26). The van der Waals surface area contributed by atoms with Gasteiger partial charge in [-0.25, -0.2) is 9.97 Å². The minimum atomic E-state index is 0.366. The molecule has 1 fully saturated rings. The topological polar surface area (TPSA) is 59.9 Å². The predicted octanol–water partition coefficient (Wildman–Crippen LogP) is 1.74. The van der Waals surface area contributed by atoms with Crippen LogP contribution < -0.4 is 10.2 Å². The van der Waals surface area contributed by atoms with Crippen molar-refractivity contribution >= 4 is 11.9 Å². The summed E-state index contributed by atoms with van der Waals surface area (Å²) in [6.45, 7) is 7.38. The molecule has 0 aliphatic carbocycles. The number of hydrogen-bond acceptors (Lipinski definition) is 5. The highest BCUT2D eigenvalue weighted by Gasteiger charge is 2.21. The van der Waals surface area contributed by atoms with Gasteiger partial charge in [0.2, 0.25) is 5.95 Å². The maximum atomic E-state index is 4.99. The number of aliphatic imine (C=N–C) groups is 1. The minimum Gasteiger partial charge on any atom is -0.357 e. The number of guanidine groups is 1. The van der Waals surface area contributed by atoms with Crippen molar-refractivity contribution in [3.8, 4) is 0 Å². The van der Waals surface area contributed by atoms with E-state index in [0.29, 0.717) is 6.04 Å². The quantitative estimate of drug-likeness (QED) is 0.569. The molecular formula is C22H33N7. The molecule has 29 heavy (non-hydrogen) atoms. The largest absolute Gasteiger partial charge is 0.357 e. The van der Waals surface area contributed by atoms with Crippen LogP contribution in [0.25, 0.3) is 0 Å². The summed E-state index contributed by atoms with van der Waals surface area (Å²) in [4.78, 5) is 20.6. The van der Waals surface area contributed by atoms with Gasteiger partial charge in [-0.15, -0.1) is 0 Å². The number of piperazine rings is 1. The molecule has 1 aromatic heterocycles. The van der Waals surface area contributed by atoms with Crippen LogP contribution in [0.3, 0.4) is 0 Å². The molecule has 2 heterocycles. The number of benzene rings is 1. The highest BCUT2D eigenvalue weighted by molar-refractivity contribution is 5.80. The Hall–Kier alpha value is -2.67. The number of nitrogens with zero attached hydrogens (tertiary/aromatic N) is 6. The molecule has 1 saturated heterocycles. The Labute approximate surface area is 174 Å². The van der Waals surface area contributed by atoms with Gasteiger partial charge in [-0.3, -0.25) is 4.99 Å². The first-order chi connectivity index (χ1) is 14.2. The lowest BCUT2D eigenvalue weighted by Gasteiger charge is -2.36. The Kier molecular flexibility index (Phi) is 7.81. The van der Waals surface area contributed by atoms with Crippen molar-refractivity contribution in [2.24, 2.45) is 4.99 Å². The molecule has 1 atom stereocenters. The van der Waals surface area contributed by atoms with E-state index < -0.39 is 0 Å². The number of aromatic nitrogens is 2. The molecule has 1 unspecified atom stereocenters. The Morgan fingerprint density at radius 2 is 1.76 bits per heavy atom. The molecule has 7 heteroatoms. The molecule has 3 rings (SSSR count). The molecule has 1 aliphatic heterocycles. The summed E-state index contributed by atoms with van der Waals surface area (Å²) in [5.41, 5.74) is 1.35. The summed E-state index contributed by atoms with van der Waals surface area (Å²) in [6, 6.07) is 12.9. The number of hydrogen-bond donors (Lipinski definition) is 1. The highest BCUT2D eigenvalue weighted by Crippen LogP contribution is 2.11. The predicted molar refractivity (Wildman–Crippen MR) is 119 cm³/mol. The number of rotatable bonds is 7. The zero-order chi connectivity index (χ0) is 20.5. The van der Waals surface area contributed by atoms with Gasteiger partial charge in [0, 0.05) is 51.2 Å². The number of anilines is 1. The number of likely N-dealkylation sites (N-methyl/N-ethyl adjacent to an activating group) is 1. The van der Waals surface area contributed by atoms with Crippen LogP contribution in [0.5, 0.6) is 0 Å². The van der Waals surface area contributed by atoms with Crippen molar-refractivity contribution < 1.29 is 0 Å². The van der Waals surface area contributed by atoms with Crippen LogP contribution in [-0.2, 0) is 6.42 Å². The van der Waals surface area contributed by atoms with Gasteiger partial charge in [-0.05, 0) is 39.1 Å². The van der Waals surface area contributed by atoms with Crippen molar-refractivity contribution in [1.29, 1.82) is 0 Å². The summed E-state index contributed by atoms with van der Waals surface area (Å²) in [6.07, 6.45) is 4.60. The summed E-state index contributed by atoms with van der Waals surface area (Å²) >= 11 is 0. The smallest absolute Gasteiger partial charge is 0.225 e. The fourth-order valence-corrected chi connectivity index (χ4v) is 3.49. The lowest BCUT2D eigenvalue weighted by atomic mass is 10.1. The van der Waals surface area contributed by atoms with Crippen molar-refractivity contribution in [2.45, 2.75) is 19.4 Å². The van der Waals surface area contributed by atoms with E-state index in [1.165, 1.54) is 5.56 Å². The molecule has 0 amide bonds. The fourth-order valence-electron chi connectivity index (χ4n) is 3.49. The van der Waals surface area contributed by atoms with Crippen LogP contribution in [-0.4, -0.2) is 85.1 Å². The van der Waals surface area contributed by atoms with E-state index in [9.17, 15) is 0 Å². The second-order valence-electron chi connectivity index (χ2n) is 7.52. The molecule has 1 N–H and O–H groups in total. The Bertz CT molecular complexity index is 740. The van der Waals surface area contributed by atoms with Gasteiger partial charge in [0.05, 0.1) is 6.54 Å². The van der Waals surface area contributed by atoms with Crippen molar-refractivity contribution in [1.82, 2.24) is 25.1 Å². The van der Waals surface area contributed by atoms with Gasteiger partial charge in [-0.1, -0.05) is 30.3 Å². The molecule has 1 aromatic carbocycles. The van der Waals surface area contributed by atoms with Crippen molar-refractivity contribution in [3.63, 3.8) is 0 Å². The summed E-state index contributed by atoms with van der Waals surface area (Å²) in [5.74, 6) is 1.81. The van der Waals surface area contributed by atoms with Gasteiger partial charge >= 0.3 is 0 Å². The molecule has 7 nitrogen and oxygen atoms in total. The van der Waals surface area contributed by atoms with Crippen molar-refractivity contribution in [3.05, 3.63) is 54.4 Å². The van der Waals surface area contributed by atoms with Gasteiger partial charge in [0.15, 0.2) is 5.96 Å². The molecule has 2 aromatic rings. The average molecular weight is 396 g/mol. The van der Waals surface area contributed by atoms with Crippen LogP contribution in [0.1, 0.15) is 12.5 Å². The van der Waals surface area contributed by atoms with Crippen LogP contribution in [0.2, 0.25) is 0 Å². The molecule has 0 radical (unpaired) electrons. The zero-order valence-corrected chi connectivity index (χ0v) is 17.8.